The molecule has 7 heteroatoms. The molecule has 1 aromatic rings. The van der Waals surface area contributed by atoms with Gasteiger partial charge in [-0.15, -0.1) is 0 Å². The number of carbonyl (C=O) groups is 3. The molecule has 0 saturated heterocycles. The van der Waals surface area contributed by atoms with Gasteiger partial charge in [0.1, 0.15) is 5.75 Å². The van der Waals surface area contributed by atoms with Crippen molar-refractivity contribution in [2.45, 2.75) is 51.9 Å². The van der Waals surface area contributed by atoms with Gasteiger partial charge >= 0.3 is 5.97 Å². The lowest BCUT2D eigenvalue weighted by molar-refractivity contribution is -0.149. The summed E-state index contributed by atoms with van der Waals surface area (Å²) in [6.45, 7) is 6.09. The van der Waals surface area contributed by atoms with Crippen molar-refractivity contribution in [2.24, 2.45) is 11.8 Å². The molecule has 1 aromatic carbocycles. The molecule has 0 spiro atoms. The number of aliphatic carboxylic acids is 1. The summed E-state index contributed by atoms with van der Waals surface area (Å²) in [7, 11) is 0. The quantitative estimate of drug-likeness (QED) is 0.685. The van der Waals surface area contributed by atoms with Crippen molar-refractivity contribution in [2.75, 3.05) is 6.61 Å². The predicted octanol–water partition coefficient (Wildman–Crippen LogP) is 2.40. The molecule has 1 saturated carbocycles. The molecule has 0 bridgehead atoms. The van der Waals surface area contributed by atoms with Crippen molar-refractivity contribution in [3.05, 3.63) is 29.8 Å². The molecular weight excluding hydrogens is 348 g/mol. The SMILES string of the molecule is CC(C)(C)c1ccc(OCC(=O)NNC(=O)C2CCCCC2C(=O)O)cc1. The van der Waals surface area contributed by atoms with Crippen LogP contribution in [-0.4, -0.2) is 29.5 Å². The number of benzene rings is 1. The summed E-state index contributed by atoms with van der Waals surface area (Å²) in [4.78, 5) is 35.3. The lowest BCUT2D eigenvalue weighted by Crippen LogP contribution is -2.49. The van der Waals surface area contributed by atoms with E-state index in [1.54, 1.807) is 12.1 Å². The smallest absolute Gasteiger partial charge is 0.307 e. The van der Waals surface area contributed by atoms with E-state index in [1.165, 1.54) is 0 Å². The molecular formula is C20H28N2O5. The normalized spacial score (nSPS) is 19.8. The van der Waals surface area contributed by atoms with Crippen molar-refractivity contribution in [3.8, 4) is 5.75 Å². The van der Waals surface area contributed by atoms with Crippen molar-refractivity contribution < 1.29 is 24.2 Å². The van der Waals surface area contributed by atoms with Crippen LogP contribution >= 0.6 is 0 Å². The van der Waals surface area contributed by atoms with Crippen molar-refractivity contribution in [1.82, 2.24) is 10.9 Å². The molecule has 0 radical (unpaired) electrons. The van der Waals surface area contributed by atoms with Crippen LogP contribution in [0.4, 0.5) is 0 Å². The first-order valence-electron chi connectivity index (χ1n) is 9.23. The summed E-state index contributed by atoms with van der Waals surface area (Å²) >= 11 is 0. The Morgan fingerprint density at radius 2 is 1.63 bits per heavy atom. The van der Waals surface area contributed by atoms with E-state index in [0.717, 1.165) is 18.4 Å². The number of carbonyl (C=O) groups excluding carboxylic acids is 2. The van der Waals surface area contributed by atoms with Crippen molar-refractivity contribution in [1.29, 1.82) is 0 Å². The lowest BCUT2D eigenvalue weighted by atomic mass is 9.79. The van der Waals surface area contributed by atoms with E-state index < -0.39 is 29.6 Å². The first-order valence-corrected chi connectivity index (χ1v) is 9.23. The van der Waals surface area contributed by atoms with Crippen LogP contribution in [0.1, 0.15) is 52.0 Å². The summed E-state index contributed by atoms with van der Waals surface area (Å²) in [6.07, 6.45) is 2.60. The fourth-order valence-electron chi connectivity index (χ4n) is 3.20. The molecule has 3 N–H and O–H groups in total. The van der Waals surface area contributed by atoms with Crippen LogP contribution in [0.3, 0.4) is 0 Å². The van der Waals surface area contributed by atoms with Gasteiger partial charge in [-0.25, -0.2) is 0 Å². The number of nitrogens with one attached hydrogen (secondary N) is 2. The summed E-state index contributed by atoms with van der Waals surface area (Å²) in [5.74, 6) is -2.71. The Balaban J connectivity index is 1.78. The monoisotopic (exact) mass is 376 g/mol. The molecule has 2 unspecified atom stereocenters. The number of ether oxygens (including phenoxy) is 1. The highest BCUT2D eigenvalue weighted by Gasteiger charge is 2.35. The van der Waals surface area contributed by atoms with Gasteiger partial charge in [0.25, 0.3) is 5.91 Å². The lowest BCUT2D eigenvalue weighted by Gasteiger charge is -2.27. The van der Waals surface area contributed by atoms with Gasteiger partial charge in [-0.3, -0.25) is 25.2 Å². The van der Waals surface area contributed by atoms with E-state index in [1.807, 2.05) is 12.1 Å². The second-order valence-corrected chi connectivity index (χ2v) is 7.94. The van der Waals surface area contributed by atoms with Gasteiger partial charge in [0.05, 0.1) is 11.8 Å². The Kier molecular flexibility index (Phi) is 6.82. The van der Waals surface area contributed by atoms with Crippen LogP contribution in [0.25, 0.3) is 0 Å². The number of hydrazine groups is 1. The van der Waals surface area contributed by atoms with Crippen LogP contribution in [0.15, 0.2) is 24.3 Å². The number of hydrogen-bond donors (Lipinski definition) is 3. The highest BCUT2D eigenvalue weighted by molar-refractivity contribution is 5.87. The van der Waals surface area contributed by atoms with E-state index in [9.17, 15) is 19.5 Å². The van der Waals surface area contributed by atoms with Crippen LogP contribution in [0.5, 0.6) is 5.75 Å². The van der Waals surface area contributed by atoms with E-state index in [2.05, 4.69) is 31.6 Å². The standard InChI is InChI=1S/C20H28N2O5/c1-20(2,3)13-8-10-14(11-9-13)27-12-17(23)21-22-18(24)15-6-4-5-7-16(15)19(25)26/h8-11,15-16H,4-7,12H2,1-3H3,(H,21,23)(H,22,24)(H,25,26). The fourth-order valence-corrected chi connectivity index (χ4v) is 3.20. The molecule has 27 heavy (non-hydrogen) atoms. The zero-order chi connectivity index (χ0) is 20.0. The van der Waals surface area contributed by atoms with E-state index in [4.69, 9.17) is 4.74 Å². The van der Waals surface area contributed by atoms with Gasteiger partial charge in [0.15, 0.2) is 6.61 Å². The first-order chi connectivity index (χ1) is 12.7. The number of hydrogen-bond acceptors (Lipinski definition) is 4. The third-order valence-electron chi connectivity index (χ3n) is 4.84. The maximum atomic E-state index is 12.2. The third-order valence-corrected chi connectivity index (χ3v) is 4.84. The maximum Gasteiger partial charge on any atom is 0.307 e. The third kappa shape index (κ3) is 5.98. The Bertz CT molecular complexity index is 679. The molecule has 1 aliphatic carbocycles. The number of rotatable bonds is 5. The molecule has 0 aromatic heterocycles. The average Bonchev–Trinajstić information content (AvgIpc) is 2.64. The summed E-state index contributed by atoms with van der Waals surface area (Å²) in [5, 5.41) is 9.23. The van der Waals surface area contributed by atoms with Crippen molar-refractivity contribution in [3.63, 3.8) is 0 Å². The molecule has 2 amide bonds. The Hall–Kier alpha value is -2.57. The minimum atomic E-state index is -0.969. The summed E-state index contributed by atoms with van der Waals surface area (Å²) in [5.41, 5.74) is 5.80. The van der Waals surface area contributed by atoms with E-state index in [-0.39, 0.29) is 12.0 Å². The molecule has 148 valence electrons. The second kappa shape index (κ2) is 8.88. The zero-order valence-electron chi connectivity index (χ0n) is 16.1. The topological polar surface area (TPSA) is 105 Å². The highest BCUT2D eigenvalue weighted by atomic mass is 16.5. The largest absolute Gasteiger partial charge is 0.484 e. The van der Waals surface area contributed by atoms with Crippen LogP contribution < -0.4 is 15.6 Å². The van der Waals surface area contributed by atoms with Crippen LogP contribution in [0, 0.1) is 11.8 Å². The summed E-state index contributed by atoms with van der Waals surface area (Å²) in [6, 6.07) is 7.49. The molecule has 7 nitrogen and oxygen atoms in total. The molecule has 0 heterocycles. The summed E-state index contributed by atoms with van der Waals surface area (Å²) < 4.78 is 5.42. The van der Waals surface area contributed by atoms with Gasteiger partial charge in [0.2, 0.25) is 5.91 Å². The molecule has 1 aliphatic rings. The Labute approximate surface area is 159 Å². The average molecular weight is 376 g/mol. The highest BCUT2D eigenvalue weighted by Crippen LogP contribution is 2.30. The molecule has 2 atom stereocenters. The molecule has 1 fully saturated rings. The van der Waals surface area contributed by atoms with Gasteiger partial charge in [-0.1, -0.05) is 45.7 Å². The second-order valence-electron chi connectivity index (χ2n) is 7.94. The predicted molar refractivity (Wildman–Crippen MR) is 100 cm³/mol. The zero-order valence-corrected chi connectivity index (χ0v) is 16.1. The number of amides is 2. The van der Waals surface area contributed by atoms with E-state index >= 15 is 0 Å². The van der Waals surface area contributed by atoms with E-state index in [0.29, 0.717) is 18.6 Å². The molecule has 0 aliphatic heterocycles. The Morgan fingerprint density at radius 3 is 2.19 bits per heavy atom. The number of carboxylic acids is 1. The Morgan fingerprint density at radius 1 is 1.04 bits per heavy atom. The minimum absolute atomic E-state index is 0.0348. The van der Waals surface area contributed by atoms with Gasteiger partial charge in [-0.05, 0) is 36.0 Å². The number of carboxylic acid groups (broad SMARTS) is 1. The van der Waals surface area contributed by atoms with Crippen molar-refractivity contribution >= 4 is 17.8 Å². The molecule has 2 rings (SSSR count). The van der Waals surface area contributed by atoms with Gasteiger partial charge < -0.3 is 9.84 Å². The van der Waals surface area contributed by atoms with Gasteiger partial charge in [-0.2, -0.15) is 0 Å². The van der Waals surface area contributed by atoms with Gasteiger partial charge in [0, 0.05) is 0 Å². The fraction of sp³-hybridized carbons (Fsp3) is 0.550. The van der Waals surface area contributed by atoms with Crippen LogP contribution in [-0.2, 0) is 19.8 Å². The van der Waals surface area contributed by atoms with Crippen LogP contribution in [0.2, 0.25) is 0 Å². The maximum absolute atomic E-state index is 12.2. The first kappa shape index (κ1) is 20.7. The minimum Gasteiger partial charge on any atom is -0.484 e.